The second kappa shape index (κ2) is 6.71. The normalized spacial score (nSPS) is 11.3. The first kappa shape index (κ1) is 16.0. The number of nitrogens with zero attached hydrogens (tertiary/aromatic N) is 2. The number of aryl methyl sites for hydroxylation is 2. The molecule has 23 heavy (non-hydrogen) atoms. The van der Waals surface area contributed by atoms with Crippen LogP contribution in [0.4, 0.5) is 5.69 Å². The Labute approximate surface area is 151 Å². The number of halogens is 1. The molecule has 0 atom stereocenters. The molecule has 0 fully saturated rings. The van der Waals surface area contributed by atoms with Gasteiger partial charge in [0, 0.05) is 32.4 Å². The highest BCUT2D eigenvalue weighted by Crippen LogP contribution is 2.21. The summed E-state index contributed by atoms with van der Waals surface area (Å²) in [5, 5.41) is 0. The maximum atomic E-state index is 4.60. The van der Waals surface area contributed by atoms with Gasteiger partial charge in [-0.3, -0.25) is 4.99 Å². The van der Waals surface area contributed by atoms with Crippen LogP contribution in [0.2, 0.25) is 0 Å². The van der Waals surface area contributed by atoms with Gasteiger partial charge in [0.15, 0.2) is 0 Å². The number of rotatable bonds is 3. The quantitative estimate of drug-likeness (QED) is 0.383. The Morgan fingerprint density at radius 2 is 1.57 bits per heavy atom. The van der Waals surface area contributed by atoms with E-state index in [-0.39, 0.29) is 0 Å². The van der Waals surface area contributed by atoms with Gasteiger partial charge >= 0.3 is 0 Å². The summed E-state index contributed by atoms with van der Waals surface area (Å²) < 4.78 is 3.49. The van der Waals surface area contributed by atoms with E-state index in [1.807, 2.05) is 18.3 Å². The van der Waals surface area contributed by atoms with Gasteiger partial charge in [0.1, 0.15) is 0 Å². The second-order valence-corrected chi connectivity index (χ2v) is 6.98. The Morgan fingerprint density at radius 3 is 2.22 bits per heavy atom. The Balaban J connectivity index is 1.94. The molecule has 3 aromatic rings. The zero-order valence-electron chi connectivity index (χ0n) is 13.5. The van der Waals surface area contributed by atoms with Gasteiger partial charge in [-0.1, -0.05) is 17.7 Å². The fraction of sp³-hybridized carbons (Fsp3) is 0.150. The fourth-order valence-corrected chi connectivity index (χ4v) is 3.04. The minimum atomic E-state index is 0.977. The molecular formula is C20H19IN2. The minimum Gasteiger partial charge on any atom is -0.318 e. The predicted octanol–water partition coefficient (Wildman–Crippen LogP) is 5.76. The third-order valence-electron chi connectivity index (χ3n) is 3.94. The van der Waals surface area contributed by atoms with Crippen LogP contribution in [0.25, 0.3) is 5.69 Å². The van der Waals surface area contributed by atoms with Crippen molar-refractivity contribution >= 4 is 34.5 Å². The Kier molecular flexibility index (Phi) is 4.66. The number of benzene rings is 2. The van der Waals surface area contributed by atoms with Crippen molar-refractivity contribution in [3.8, 4) is 5.69 Å². The predicted molar refractivity (Wildman–Crippen MR) is 106 cm³/mol. The van der Waals surface area contributed by atoms with Crippen molar-refractivity contribution in [3.05, 3.63) is 80.7 Å². The summed E-state index contributed by atoms with van der Waals surface area (Å²) in [6, 6.07) is 19.0. The summed E-state index contributed by atoms with van der Waals surface area (Å²) in [7, 11) is 0. The average Bonchev–Trinajstić information content (AvgIpc) is 2.82. The van der Waals surface area contributed by atoms with Gasteiger partial charge in [-0.2, -0.15) is 0 Å². The van der Waals surface area contributed by atoms with E-state index < -0.39 is 0 Å². The zero-order valence-corrected chi connectivity index (χ0v) is 15.7. The molecule has 0 unspecified atom stereocenters. The van der Waals surface area contributed by atoms with Crippen LogP contribution in [0.1, 0.15) is 22.5 Å². The van der Waals surface area contributed by atoms with Crippen molar-refractivity contribution in [2.75, 3.05) is 0 Å². The summed E-state index contributed by atoms with van der Waals surface area (Å²) in [6.45, 7) is 6.38. The van der Waals surface area contributed by atoms with Gasteiger partial charge in [-0.15, -0.1) is 0 Å². The number of hydrogen-bond acceptors (Lipinski definition) is 1. The van der Waals surface area contributed by atoms with Crippen LogP contribution in [-0.2, 0) is 0 Å². The fourth-order valence-electron chi connectivity index (χ4n) is 2.68. The van der Waals surface area contributed by atoms with Crippen LogP contribution >= 0.6 is 22.6 Å². The van der Waals surface area contributed by atoms with Crippen molar-refractivity contribution in [1.29, 1.82) is 0 Å². The molecule has 0 N–H and O–H groups in total. The van der Waals surface area contributed by atoms with E-state index in [2.05, 4.69) is 95.4 Å². The molecule has 116 valence electrons. The van der Waals surface area contributed by atoms with E-state index in [1.165, 1.54) is 26.2 Å². The molecule has 0 saturated heterocycles. The van der Waals surface area contributed by atoms with E-state index in [9.17, 15) is 0 Å². The summed E-state index contributed by atoms with van der Waals surface area (Å²) >= 11 is 2.30. The van der Waals surface area contributed by atoms with Crippen LogP contribution < -0.4 is 0 Å². The molecule has 3 heteroatoms. The number of hydrogen-bond donors (Lipinski definition) is 0. The smallest absolute Gasteiger partial charge is 0.0630 e. The summed E-state index contributed by atoms with van der Waals surface area (Å²) in [4.78, 5) is 4.60. The molecule has 0 aliphatic rings. The molecule has 2 aromatic carbocycles. The van der Waals surface area contributed by atoms with Crippen molar-refractivity contribution in [2.45, 2.75) is 20.8 Å². The van der Waals surface area contributed by atoms with Crippen LogP contribution in [0.3, 0.4) is 0 Å². The standard InChI is InChI=1S/C20H19IN2/c1-14-4-10-20(11-5-14)23-15(2)12-17(16(23)3)13-22-19-8-6-18(21)7-9-19/h4-13H,1-3H3. The van der Waals surface area contributed by atoms with Gasteiger partial charge in [-0.05, 0) is 85.8 Å². The van der Waals surface area contributed by atoms with Gasteiger partial charge in [-0.25, -0.2) is 0 Å². The van der Waals surface area contributed by atoms with Gasteiger partial charge in [0.2, 0.25) is 0 Å². The minimum absolute atomic E-state index is 0.977. The van der Waals surface area contributed by atoms with Gasteiger partial charge in [0.25, 0.3) is 0 Å². The molecule has 0 radical (unpaired) electrons. The summed E-state index contributed by atoms with van der Waals surface area (Å²) in [5.41, 5.74) is 7.03. The molecule has 0 aliphatic heterocycles. The Morgan fingerprint density at radius 1 is 0.913 bits per heavy atom. The highest BCUT2D eigenvalue weighted by molar-refractivity contribution is 14.1. The van der Waals surface area contributed by atoms with Crippen LogP contribution in [0.15, 0.2) is 59.6 Å². The largest absolute Gasteiger partial charge is 0.318 e. The van der Waals surface area contributed by atoms with Crippen molar-refractivity contribution in [1.82, 2.24) is 4.57 Å². The average molecular weight is 414 g/mol. The molecule has 0 amide bonds. The molecule has 0 aliphatic carbocycles. The van der Waals surface area contributed by atoms with E-state index in [1.54, 1.807) is 0 Å². The molecule has 2 nitrogen and oxygen atoms in total. The van der Waals surface area contributed by atoms with Crippen molar-refractivity contribution < 1.29 is 0 Å². The maximum Gasteiger partial charge on any atom is 0.0630 e. The molecule has 0 spiro atoms. The van der Waals surface area contributed by atoms with Crippen LogP contribution in [-0.4, -0.2) is 10.8 Å². The number of aliphatic imine (C=N–C) groups is 1. The first-order valence-electron chi connectivity index (χ1n) is 7.60. The summed E-state index contributed by atoms with van der Waals surface area (Å²) in [6.07, 6.45) is 1.95. The number of aromatic nitrogens is 1. The second-order valence-electron chi connectivity index (χ2n) is 5.73. The van der Waals surface area contributed by atoms with E-state index in [0.29, 0.717) is 0 Å². The first-order valence-corrected chi connectivity index (χ1v) is 8.68. The van der Waals surface area contributed by atoms with Gasteiger partial charge < -0.3 is 4.57 Å². The SMILES string of the molecule is Cc1ccc(-n2c(C)cc(C=Nc3ccc(I)cc3)c2C)cc1. The van der Waals surface area contributed by atoms with Crippen molar-refractivity contribution in [2.24, 2.45) is 4.99 Å². The molecular weight excluding hydrogens is 395 g/mol. The lowest BCUT2D eigenvalue weighted by Gasteiger charge is -2.09. The Bertz CT molecular complexity index is 841. The highest BCUT2D eigenvalue weighted by Gasteiger charge is 2.09. The third kappa shape index (κ3) is 3.55. The van der Waals surface area contributed by atoms with E-state index >= 15 is 0 Å². The van der Waals surface area contributed by atoms with Gasteiger partial charge in [0.05, 0.1) is 5.69 Å². The first-order chi connectivity index (χ1) is 11.0. The molecule has 0 bridgehead atoms. The lowest BCUT2D eigenvalue weighted by atomic mass is 10.2. The topological polar surface area (TPSA) is 17.3 Å². The molecule has 1 aromatic heterocycles. The lowest BCUT2D eigenvalue weighted by molar-refractivity contribution is 0.964. The van der Waals surface area contributed by atoms with E-state index in [0.717, 1.165) is 11.3 Å². The van der Waals surface area contributed by atoms with E-state index in [4.69, 9.17) is 0 Å². The van der Waals surface area contributed by atoms with Crippen LogP contribution in [0, 0.1) is 24.3 Å². The Hall–Kier alpha value is -1.88. The molecule has 1 heterocycles. The monoisotopic (exact) mass is 414 g/mol. The zero-order chi connectivity index (χ0) is 16.4. The molecule has 3 rings (SSSR count). The van der Waals surface area contributed by atoms with Crippen molar-refractivity contribution in [3.63, 3.8) is 0 Å². The lowest BCUT2D eigenvalue weighted by Crippen LogP contribution is -1.99. The molecule has 0 saturated carbocycles. The summed E-state index contributed by atoms with van der Waals surface area (Å²) in [5.74, 6) is 0. The maximum absolute atomic E-state index is 4.60. The third-order valence-corrected chi connectivity index (χ3v) is 4.66. The van der Waals surface area contributed by atoms with Crippen LogP contribution in [0.5, 0.6) is 0 Å². The highest BCUT2D eigenvalue weighted by atomic mass is 127.